The van der Waals surface area contributed by atoms with Crippen molar-refractivity contribution in [2.24, 2.45) is 0 Å². The molecular formula is C12H14N4O3. The second kappa shape index (κ2) is 4.97. The van der Waals surface area contributed by atoms with Gasteiger partial charge in [0.1, 0.15) is 5.69 Å². The summed E-state index contributed by atoms with van der Waals surface area (Å²) >= 11 is 0. The molecule has 0 saturated heterocycles. The molecule has 2 aromatic heterocycles. The first-order valence-corrected chi connectivity index (χ1v) is 5.76. The SMILES string of the molecule is Cc1[nH]c(=O)[nH]c1C(=O)N[C@@H](C)c1ccc(=O)[nH]c1. The van der Waals surface area contributed by atoms with Gasteiger partial charge in [-0.1, -0.05) is 6.07 Å². The predicted octanol–water partition coefficient (Wildman–Crippen LogP) is 0.191. The van der Waals surface area contributed by atoms with Crippen LogP contribution in [0.15, 0.2) is 27.9 Å². The maximum absolute atomic E-state index is 12.0. The van der Waals surface area contributed by atoms with E-state index in [4.69, 9.17) is 0 Å². The van der Waals surface area contributed by atoms with Gasteiger partial charge in [0.25, 0.3) is 5.91 Å². The number of aromatic nitrogens is 3. The lowest BCUT2D eigenvalue weighted by molar-refractivity contribution is 0.0934. The Labute approximate surface area is 108 Å². The molecular weight excluding hydrogens is 248 g/mol. The Morgan fingerprint density at radius 3 is 2.53 bits per heavy atom. The van der Waals surface area contributed by atoms with Crippen molar-refractivity contribution in [2.45, 2.75) is 19.9 Å². The summed E-state index contributed by atoms with van der Waals surface area (Å²) in [5.74, 6) is -0.380. The van der Waals surface area contributed by atoms with E-state index in [2.05, 4.69) is 20.3 Å². The fraction of sp³-hybridized carbons (Fsp3) is 0.250. The van der Waals surface area contributed by atoms with Gasteiger partial charge < -0.3 is 20.3 Å². The zero-order chi connectivity index (χ0) is 14.0. The minimum Gasteiger partial charge on any atom is -0.344 e. The number of rotatable bonds is 3. The molecule has 2 rings (SSSR count). The number of aromatic amines is 3. The highest BCUT2D eigenvalue weighted by Crippen LogP contribution is 2.10. The molecule has 1 amide bonds. The summed E-state index contributed by atoms with van der Waals surface area (Å²) in [7, 11) is 0. The first-order chi connectivity index (χ1) is 8.97. The minimum atomic E-state index is -0.417. The normalized spacial score (nSPS) is 12.1. The Hall–Kier alpha value is -2.57. The summed E-state index contributed by atoms with van der Waals surface area (Å²) in [5.41, 5.74) is 0.841. The van der Waals surface area contributed by atoms with E-state index in [1.807, 2.05) is 0 Å². The number of carbonyl (C=O) groups is 1. The van der Waals surface area contributed by atoms with Crippen molar-refractivity contribution >= 4 is 5.91 Å². The average molecular weight is 262 g/mol. The molecule has 0 aliphatic carbocycles. The Morgan fingerprint density at radius 2 is 2.00 bits per heavy atom. The summed E-state index contributed by atoms with van der Waals surface area (Å²) in [5, 5.41) is 2.73. The van der Waals surface area contributed by atoms with E-state index < -0.39 is 5.69 Å². The highest BCUT2D eigenvalue weighted by molar-refractivity contribution is 5.93. The van der Waals surface area contributed by atoms with Crippen molar-refractivity contribution in [3.63, 3.8) is 0 Å². The summed E-state index contributed by atoms with van der Waals surface area (Å²) in [6.07, 6.45) is 1.54. The van der Waals surface area contributed by atoms with E-state index >= 15 is 0 Å². The summed E-state index contributed by atoms with van der Waals surface area (Å²) in [4.78, 5) is 41.4. The van der Waals surface area contributed by atoms with Crippen LogP contribution >= 0.6 is 0 Å². The standard InChI is InChI=1S/C12H14N4O3/c1-6(8-3-4-9(17)13-5-8)14-11(18)10-7(2)15-12(19)16-10/h3-6H,1-2H3,(H,13,17)(H,14,18)(H2,15,16,19)/t6-/m0/s1. The highest BCUT2D eigenvalue weighted by atomic mass is 16.2. The number of hydrogen-bond acceptors (Lipinski definition) is 3. The van der Waals surface area contributed by atoms with Crippen LogP contribution in [0.25, 0.3) is 0 Å². The van der Waals surface area contributed by atoms with E-state index in [0.717, 1.165) is 5.56 Å². The van der Waals surface area contributed by atoms with Gasteiger partial charge in [0.05, 0.1) is 6.04 Å². The van der Waals surface area contributed by atoms with E-state index in [1.54, 1.807) is 26.1 Å². The van der Waals surface area contributed by atoms with Gasteiger partial charge in [0.15, 0.2) is 0 Å². The zero-order valence-corrected chi connectivity index (χ0v) is 10.5. The smallest absolute Gasteiger partial charge is 0.323 e. The molecule has 0 unspecified atom stereocenters. The molecule has 0 fully saturated rings. The van der Waals surface area contributed by atoms with E-state index in [0.29, 0.717) is 5.69 Å². The van der Waals surface area contributed by atoms with E-state index in [-0.39, 0.29) is 23.2 Å². The van der Waals surface area contributed by atoms with Crippen molar-refractivity contribution in [3.8, 4) is 0 Å². The maximum atomic E-state index is 12.0. The fourth-order valence-corrected chi connectivity index (χ4v) is 1.74. The molecule has 1 atom stereocenters. The second-order valence-electron chi connectivity index (χ2n) is 4.26. The average Bonchev–Trinajstić information content (AvgIpc) is 2.69. The number of carbonyl (C=O) groups excluding carboxylic acids is 1. The van der Waals surface area contributed by atoms with E-state index in [9.17, 15) is 14.4 Å². The van der Waals surface area contributed by atoms with Crippen LogP contribution in [0.5, 0.6) is 0 Å². The Bertz CT molecular complexity index is 690. The van der Waals surface area contributed by atoms with Crippen LogP contribution in [-0.4, -0.2) is 20.9 Å². The number of amides is 1. The lowest BCUT2D eigenvalue weighted by Crippen LogP contribution is -2.28. The summed E-state index contributed by atoms with van der Waals surface area (Å²) in [6.45, 7) is 3.42. The van der Waals surface area contributed by atoms with Gasteiger partial charge in [-0.3, -0.25) is 9.59 Å². The predicted molar refractivity (Wildman–Crippen MR) is 69.1 cm³/mol. The van der Waals surface area contributed by atoms with Gasteiger partial charge in [-0.25, -0.2) is 4.79 Å². The van der Waals surface area contributed by atoms with Crippen LogP contribution in [0.1, 0.15) is 34.7 Å². The largest absolute Gasteiger partial charge is 0.344 e. The van der Waals surface area contributed by atoms with Crippen LogP contribution in [0.4, 0.5) is 0 Å². The summed E-state index contributed by atoms with van der Waals surface area (Å²) in [6, 6.07) is 2.74. The monoisotopic (exact) mass is 262 g/mol. The number of aryl methyl sites for hydroxylation is 1. The van der Waals surface area contributed by atoms with Gasteiger partial charge in [0, 0.05) is 18.0 Å². The van der Waals surface area contributed by atoms with Gasteiger partial charge >= 0.3 is 5.69 Å². The van der Waals surface area contributed by atoms with Crippen molar-refractivity contribution in [3.05, 3.63) is 56.1 Å². The lowest BCUT2D eigenvalue weighted by atomic mass is 10.1. The van der Waals surface area contributed by atoms with Crippen LogP contribution in [0, 0.1) is 6.92 Å². The van der Waals surface area contributed by atoms with Gasteiger partial charge in [0.2, 0.25) is 5.56 Å². The van der Waals surface area contributed by atoms with E-state index in [1.165, 1.54) is 6.07 Å². The van der Waals surface area contributed by atoms with Crippen LogP contribution in [0.2, 0.25) is 0 Å². The van der Waals surface area contributed by atoms with Crippen molar-refractivity contribution in [1.82, 2.24) is 20.3 Å². The molecule has 0 bridgehead atoms. The Morgan fingerprint density at radius 1 is 1.26 bits per heavy atom. The molecule has 0 radical (unpaired) electrons. The van der Waals surface area contributed by atoms with Crippen molar-refractivity contribution < 1.29 is 4.79 Å². The Balaban J connectivity index is 2.15. The highest BCUT2D eigenvalue weighted by Gasteiger charge is 2.15. The third kappa shape index (κ3) is 2.82. The van der Waals surface area contributed by atoms with Crippen molar-refractivity contribution in [1.29, 1.82) is 0 Å². The van der Waals surface area contributed by atoms with Crippen LogP contribution in [0.3, 0.4) is 0 Å². The maximum Gasteiger partial charge on any atom is 0.323 e. The molecule has 0 spiro atoms. The molecule has 0 aliphatic rings. The quantitative estimate of drug-likeness (QED) is 0.633. The first-order valence-electron chi connectivity index (χ1n) is 5.76. The molecule has 100 valence electrons. The Kier molecular flexibility index (Phi) is 3.37. The molecule has 2 heterocycles. The van der Waals surface area contributed by atoms with Crippen LogP contribution < -0.4 is 16.6 Å². The third-order valence-electron chi connectivity index (χ3n) is 2.80. The van der Waals surface area contributed by atoms with Crippen molar-refractivity contribution in [2.75, 3.05) is 0 Å². The number of hydrogen-bond donors (Lipinski definition) is 4. The number of pyridine rings is 1. The number of imidazole rings is 1. The molecule has 7 nitrogen and oxygen atoms in total. The van der Waals surface area contributed by atoms with Crippen LogP contribution in [-0.2, 0) is 0 Å². The van der Waals surface area contributed by atoms with Gasteiger partial charge in [-0.15, -0.1) is 0 Å². The molecule has 0 aliphatic heterocycles. The summed E-state index contributed by atoms with van der Waals surface area (Å²) < 4.78 is 0. The first kappa shape index (κ1) is 12.9. The number of H-pyrrole nitrogens is 3. The fourth-order valence-electron chi connectivity index (χ4n) is 1.74. The molecule has 0 aromatic carbocycles. The lowest BCUT2D eigenvalue weighted by Gasteiger charge is -2.13. The second-order valence-corrected chi connectivity index (χ2v) is 4.26. The molecule has 4 N–H and O–H groups in total. The number of nitrogens with one attached hydrogen (secondary N) is 4. The minimum absolute atomic E-state index is 0.201. The molecule has 19 heavy (non-hydrogen) atoms. The molecule has 7 heteroatoms. The molecule has 2 aromatic rings. The van der Waals surface area contributed by atoms with Gasteiger partial charge in [-0.2, -0.15) is 0 Å². The zero-order valence-electron chi connectivity index (χ0n) is 10.5. The molecule has 0 saturated carbocycles. The third-order valence-corrected chi connectivity index (χ3v) is 2.80. The van der Waals surface area contributed by atoms with Gasteiger partial charge in [-0.05, 0) is 19.4 Å². The topological polar surface area (TPSA) is 111 Å².